The van der Waals surface area contributed by atoms with E-state index in [2.05, 4.69) is 24.8 Å². The summed E-state index contributed by atoms with van der Waals surface area (Å²) in [5.74, 6) is 1.01. The van der Waals surface area contributed by atoms with Gasteiger partial charge in [-0.15, -0.1) is 0 Å². The van der Waals surface area contributed by atoms with Crippen LogP contribution in [0.25, 0.3) is 0 Å². The molecular weight excluding hydrogens is 214 g/mol. The predicted molar refractivity (Wildman–Crippen MR) is 67.5 cm³/mol. The van der Waals surface area contributed by atoms with E-state index in [9.17, 15) is 0 Å². The molecule has 0 spiro atoms. The number of nitrogens with zero attached hydrogens (tertiary/aromatic N) is 1. The molecular formula is C14H20NO2. The molecule has 1 aromatic carbocycles. The summed E-state index contributed by atoms with van der Waals surface area (Å²) in [6.45, 7) is 9.57. The van der Waals surface area contributed by atoms with Gasteiger partial charge in [-0.3, -0.25) is 4.90 Å². The molecule has 1 aromatic rings. The molecule has 0 amide bonds. The van der Waals surface area contributed by atoms with Crippen LogP contribution in [0.3, 0.4) is 0 Å². The highest BCUT2D eigenvalue weighted by atomic mass is 16.5. The average molecular weight is 234 g/mol. The Morgan fingerprint density at radius 3 is 2.53 bits per heavy atom. The SMILES string of the molecule is Cc1c[c]cc(C)c1OCCN1CCOCC1. The molecule has 17 heavy (non-hydrogen) atoms. The molecule has 3 nitrogen and oxygen atoms in total. The first-order valence-electron chi connectivity index (χ1n) is 6.17. The summed E-state index contributed by atoms with van der Waals surface area (Å²) in [5, 5.41) is 0. The highest BCUT2D eigenvalue weighted by Gasteiger charge is 2.10. The van der Waals surface area contributed by atoms with Gasteiger partial charge in [0.2, 0.25) is 0 Å². The van der Waals surface area contributed by atoms with Crippen LogP contribution in [0.5, 0.6) is 5.75 Å². The monoisotopic (exact) mass is 234 g/mol. The van der Waals surface area contributed by atoms with Crippen LogP contribution in [0, 0.1) is 19.9 Å². The number of hydrogen-bond acceptors (Lipinski definition) is 3. The minimum Gasteiger partial charge on any atom is -0.492 e. The van der Waals surface area contributed by atoms with E-state index in [-0.39, 0.29) is 0 Å². The third-order valence-corrected chi connectivity index (χ3v) is 3.07. The van der Waals surface area contributed by atoms with Crippen molar-refractivity contribution < 1.29 is 9.47 Å². The molecule has 0 aromatic heterocycles. The van der Waals surface area contributed by atoms with Gasteiger partial charge in [0.1, 0.15) is 12.4 Å². The lowest BCUT2D eigenvalue weighted by Crippen LogP contribution is -2.38. The summed E-state index contributed by atoms with van der Waals surface area (Å²) in [6.07, 6.45) is 0. The summed E-state index contributed by atoms with van der Waals surface area (Å²) >= 11 is 0. The quantitative estimate of drug-likeness (QED) is 0.793. The lowest BCUT2D eigenvalue weighted by molar-refractivity contribution is 0.0322. The molecule has 0 aliphatic carbocycles. The van der Waals surface area contributed by atoms with Crippen LogP contribution in [0.1, 0.15) is 11.1 Å². The van der Waals surface area contributed by atoms with Crippen LogP contribution in [-0.2, 0) is 4.74 Å². The van der Waals surface area contributed by atoms with Gasteiger partial charge in [-0.2, -0.15) is 0 Å². The van der Waals surface area contributed by atoms with Crippen LogP contribution < -0.4 is 4.74 Å². The minimum absolute atomic E-state index is 0.742. The number of aryl methyl sites for hydroxylation is 2. The van der Waals surface area contributed by atoms with E-state index in [4.69, 9.17) is 9.47 Å². The van der Waals surface area contributed by atoms with E-state index in [0.717, 1.165) is 56.3 Å². The van der Waals surface area contributed by atoms with Crippen LogP contribution in [0.4, 0.5) is 0 Å². The Balaban J connectivity index is 1.81. The summed E-state index contributed by atoms with van der Waals surface area (Å²) < 4.78 is 11.2. The topological polar surface area (TPSA) is 21.7 Å². The second-order valence-electron chi connectivity index (χ2n) is 4.45. The Morgan fingerprint density at radius 1 is 1.24 bits per heavy atom. The third kappa shape index (κ3) is 3.45. The second kappa shape index (κ2) is 6.03. The molecule has 1 fully saturated rings. The molecule has 1 aliphatic heterocycles. The van der Waals surface area contributed by atoms with Crippen molar-refractivity contribution in [2.45, 2.75) is 13.8 Å². The fourth-order valence-electron chi connectivity index (χ4n) is 2.06. The van der Waals surface area contributed by atoms with Crippen molar-refractivity contribution in [3.8, 4) is 5.75 Å². The zero-order chi connectivity index (χ0) is 12.1. The zero-order valence-corrected chi connectivity index (χ0v) is 10.7. The molecule has 93 valence electrons. The molecule has 1 radical (unpaired) electrons. The van der Waals surface area contributed by atoms with Crippen LogP contribution >= 0.6 is 0 Å². The largest absolute Gasteiger partial charge is 0.492 e. The van der Waals surface area contributed by atoms with Gasteiger partial charge in [0.05, 0.1) is 13.2 Å². The Hall–Kier alpha value is -1.06. The third-order valence-electron chi connectivity index (χ3n) is 3.07. The maximum atomic E-state index is 5.87. The van der Waals surface area contributed by atoms with Gasteiger partial charge in [0, 0.05) is 19.6 Å². The second-order valence-corrected chi connectivity index (χ2v) is 4.45. The number of morpholine rings is 1. The smallest absolute Gasteiger partial charge is 0.125 e. The first-order valence-corrected chi connectivity index (χ1v) is 6.17. The van der Waals surface area contributed by atoms with E-state index in [0.29, 0.717) is 0 Å². The number of hydrogen-bond donors (Lipinski definition) is 0. The van der Waals surface area contributed by atoms with Gasteiger partial charge in [-0.25, -0.2) is 0 Å². The summed E-state index contributed by atoms with van der Waals surface area (Å²) in [7, 11) is 0. The van der Waals surface area contributed by atoms with Crippen molar-refractivity contribution >= 4 is 0 Å². The normalized spacial score (nSPS) is 17.1. The lowest BCUT2D eigenvalue weighted by atomic mass is 10.1. The van der Waals surface area contributed by atoms with Gasteiger partial charge in [-0.1, -0.05) is 0 Å². The maximum Gasteiger partial charge on any atom is 0.125 e. The maximum absolute atomic E-state index is 5.87. The first-order chi connectivity index (χ1) is 8.27. The summed E-state index contributed by atoms with van der Waals surface area (Å²) in [4.78, 5) is 2.38. The first kappa shape index (κ1) is 12.4. The molecule has 2 rings (SSSR count). The van der Waals surface area contributed by atoms with Gasteiger partial charge in [-0.05, 0) is 43.2 Å². The molecule has 0 N–H and O–H groups in total. The van der Waals surface area contributed by atoms with Crippen molar-refractivity contribution in [1.82, 2.24) is 4.90 Å². The highest BCUT2D eigenvalue weighted by molar-refractivity contribution is 5.39. The zero-order valence-electron chi connectivity index (χ0n) is 10.7. The minimum atomic E-state index is 0.742. The van der Waals surface area contributed by atoms with Gasteiger partial charge in [0.15, 0.2) is 0 Å². The highest BCUT2D eigenvalue weighted by Crippen LogP contribution is 2.21. The molecule has 1 aliphatic rings. The number of ether oxygens (including phenoxy) is 2. The van der Waals surface area contributed by atoms with Crippen molar-refractivity contribution in [3.05, 3.63) is 29.3 Å². The molecule has 1 heterocycles. The van der Waals surface area contributed by atoms with Crippen molar-refractivity contribution in [2.24, 2.45) is 0 Å². The fourth-order valence-corrected chi connectivity index (χ4v) is 2.06. The Morgan fingerprint density at radius 2 is 1.88 bits per heavy atom. The van der Waals surface area contributed by atoms with E-state index in [1.807, 2.05) is 12.1 Å². The molecule has 3 heteroatoms. The summed E-state index contributed by atoms with van der Waals surface area (Å²) in [5.41, 5.74) is 2.32. The van der Waals surface area contributed by atoms with Gasteiger partial charge in [0.25, 0.3) is 0 Å². The van der Waals surface area contributed by atoms with Crippen LogP contribution in [0.15, 0.2) is 12.1 Å². The van der Waals surface area contributed by atoms with Crippen molar-refractivity contribution in [1.29, 1.82) is 0 Å². The summed E-state index contributed by atoms with van der Waals surface area (Å²) in [6, 6.07) is 7.04. The fraction of sp³-hybridized carbons (Fsp3) is 0.571. The van der Waals surface area contributed by atoms with Crippen molar-refractivity contribution in [3.63, 3.8) is 0 Å². The van der Waals surface area contributed by atoms with Gasteiger partial charge < -0.3 is 9.47 Å². The molecule has 0 atom stereocenters. The van der Waals surface area contributed by atoms with Crippen molar-refractivity contribution in [2.75, 3.05) is 39.5 Å². The average Bonchev–Trinajstić information content (AvgIpc) is 2.34. The molecule has 0 unspecified atom stereocenters. The Labute approximate surface area is 103 Å². The number of benzene rings is 1. The molecule has 0 bridgehead atoms. The van der Waals surface area contributed by atoms with Crippen LogP contribution in [0.2, 0.25) is 0 Å². The standard InChI is InChI=1S/C14H20NO2/c1-12-4-3-5-13(2)14(12)17-11-8-15-6-9-16-10-7-15/h4-5H,6-11H2,1-2H3. The van der Waals surface area contributed by atoms with E-state index in [1.165, 1.54) is 0 Å². The molecule has 0 saturated carbocycles. The van der Waals surface area contributed by atoms with E-state index >= 15 is 0 Å². The predicted octanol–water partition coefficient (Wildman–Crippen LogP) is 1.81. The molecule has 1 saturated heterocycles. The Bertz CT molecular complexity index is 339. The lowest BCUT2D eigenvalue weighted by Gasteiger charge is -2.26. The Kier molecular flexibility index (Phi) is 4.40. The van der Waals surface area contributed by atoms with Gasteiger partial charge >= 0.3 is 0 Å². The van der Waals surface area contributed by atoms with Crippen LogP contribution in [-0.4, -0.2) is 44.4 Å². The van der Waals surface area contributed by atoms with E-state index in [1.54, 1.807) is 0 Å². The number of rotatable bonds is 4. The van der Waals surface area contributed by atoms with E-state index < -0.39 is 0 Å².